The van der Waals surface area contributed by atoms with Crippen LogP contribution in [0.5, 0.6) is 0 Å². The van der Waals surface area contributed by atoms with Crippen LogP contribution in [0.15, 0.2) is 29.3 Å². The number of nitrogens with one attached hydrogen (secondary N) is 3. The zero-order valence-electron chi connectivity index (χ0n) is 14.8. The highest BCUT2D eigenvalue weighted by Crippen LogP contribution is 2.48. The Hall–Kier alpha value is -1.67. The van der Waals surface area contributed by atoms with Gasteiger partial charge in [-0.05, 0) is 44.4 Å². The quantitative estimate of drug-likeness (QED) is 0.348. The second-order valence-corrected chi connectivity index (χ2v) is 8.31. The Morgan fingerprint density at radius 2 is 2.00 bits per heavy atom. The summed E-state index contributed by atoms with van der Waals surface area (Å²) in [5.74, 6) is 0.485. The lowest BCUT2D eigenvalue weighted by molar-refractivity contribution is 0.581. The first kappa shape index (κ1) is 19.7. The van der Waals surface area contributed by atoms with Crippen LogP contribution in [0.4, 0.5) is 4.39 Å². The minimum atomic E-state index is -3.18. The summed E-state index contributed by atoms with van der Waals surface area (Å²) in [7, 11) is -3.18. The Kier molecular flexibility index (Phi) is 6.78. The molecule has 0 unspecified atom stereocenters. The topological polar surface area (TPSA) is 82.6 Å². The molecule has 1 fully saturated rings. The maximum Gasteiger partial charge on any atom is 0.211 e. The molecule has 0 heterocycles. The maximum atomic E-state index is 13.5. The van der Waals surface area contributed by atoms with Crippen molar-refractivity contribution in [2.24, 2.45) is 4.99 Å². The van der Waals surface area contributed by atoms with Gasteiger partial charge in [0.1, 0.15) is 5.82 Å². The standard InChI is InChI=1S/C17H27FN4O2S/c1-3-19-16(20-10-11-22-25(23,24)4-2)21-13-17(8-9-17)14-6-5-7-15(18)12-14/h5-7,12,22H,3-4,8-11,13H2,1-2H3,(H2,19,20,21). The van der Waals surface area contributed by atoms with Gasteiger partial charge in [-0.1, -0.05) is 12.1 Å². The van der Waals surface area contributed by atoms with Crippen LogP contribution >= 0.6 is 0 Å². The summed E-state index contributed by atoms with van der Waals surface area (Å²) in [6.45, 7) is 5.60. The van der Waals surface area contributed by atoms with Crippen molar-refractivity contribution in [3.05, 3.63) is 35.6 Å². The average Bonchev–Trinajstić information content (AvgIpc) is 3.38. The second kappa shape index (κ2) is 8.62. The van der Waals surface area contributed by atoms with Gasteiger partial charge in [-0.25, -0.2) is 17.5 Å². The molecule has 0 aromatic heterocycles. The molecular weight excluding hydrogens is 343 g/mol. The van der Waals surface area contributed by atoms with Gasteiger partial charge in [0, 0.05) is 25.0 Å². The smallest absolute Gasteiger partial charge is 0.211 e. The third-order valence-electron chi connectivity index (χ3n) is 4.29. The highest BCUT2D eigenvalue weighted by molar-refractivity contribution is 7.89. The van der Waals surface area contributed by atoms with Crippen molar-refractivity contribution in [2.45, 2.75) is 32.1 Å². The third kappa shape index (κ3) is 5.97. The molecule has 0 spiro atoms. The molecule has 0 atom stereocenters. The van der Waals surface area contributed by atoms with Gasteiger partial charge in [0.25, 0.3) is 0 Å². The first-order chi connectivity index (χ1) is 11.9. The summed E-state index contributed by atoms with van der Waals surface area (Å²) in [5, 5.41) is 6.26. The molecule has 8 heteroatoms. The molecule has 0 amide bonds. The number of nitrogens with zero attached hydrogens (tertiary/aromatic N) is 1. The molecule has 1 aliphatic rings. The number of benzene rings is 1. The Morgan fingerprint density at radius 3 is 2.60 bits per heavy atom. The number of aliphatic imine (C=N–C) groups is 1. The van der Waals surface area contributed by atoms with Gasteiger partial charge in [-0.2, -0.15) is 0 Å². The Balaban J connectivity index is 1.91. The molecule has 0 bridgehead atoms. The van der Waals surface area contributed by atoms with E-state index in [0.29, 0.717) is 32.1 Å². The molecule has 140 valence electrons. The van der Waals surface area contributed by atoms with E-state index in [0.717, 1.165) is 18.4 Å². The zero-order chi connectivity index (χ0) is 18.3. The molecule has 1 aromatic rings. The number of hydrogen-bond donors (Lipinski definition) is 3. The van der Waals surface area contributed by atoms with E-state index in [9.17, 15) is 12.8 Å². The van der Waals surface area contributed by atoms with E-state index >= 15 is 0 Å². The van der Waals surface area contributed by atoms with E-state index in [1.165, 1.54) is 6.07 Å². The van der Waals surface area contributed by atoms with Crippen LogP contribution < -0.4 is 15.4 Å². The number of hydrogen-bond acceptors (Lipinski definition) is 3. The fourth-order valence-corrected chi connectivity index (χ4v) is 3.19. The number of sulfonamides is 1. The van der Waals surface area contributed by atoms with E-state index in [2.05, 4.69) is 20.3 Å². The summed E-state index contributed by atoms with van der Waals surface area (Å²) < 4.78 is 38.8. The molecule has 1 aromatic carbocycles. The van der Waals surface area contributed by atoms with Crippen molar-refractivity contribution >= 4 is 16.0 Å². The molecule has 1 saturated carbocycles. The van der Waals surface area contributed by atoms with E-state index in [1.54, 1.807) is 19.1 Å². The van der Waals surface area contributed by atoms with Gasteiger partial charge in [0.2, 0.25) is 10.0 Å². The molecular formula is C17H27FN4O2S. The van der Waals surface area contributed by atoms with Crippen molar-refractivity contribution in [3.63, 3.8) is 0 Å². The Morgan fingerprint density at radius 1 is 1.24 bits per heavy atom. The lowest BCUT2D eigenvalue weighted by Gasteiger charge is -2.16. The fraction of sp³-hybridized carbons (Fsp3) is 0.588. The van der Waals surface area contributed by atoms with Crippen LogP contribution in [0.2, 0.25) is 0 Å². The summed E-state index contributed by atoms with van der Waals surface area (Å²) in [5.41, 5.74) is 0.914. The molecule has 0 aliphatic heterocycles. The zero-order valence-corrected chi connectivity index (χ0v) is 15.6. The van der Waals surface area contributed by atoms with Crippen molar-refractivity contribution in [2.75, 3.05) is 31.9 Å². The van der Waals surface area contributed by atoms with E-state index in [-0.39, 0.29) is 17.0 Å². The van der Waals surface area contributed by atoms with Gasteiger partial charge < -0.3 is 10.6 Å². The predicted octanol–water partition coefficient (Wildman–Crippen LogP) is 1.35. The maximum absolute atomic E-state index is 13.5. The minimum absolute atomic E-state index is 0.0668. The van der Waals surface area contributed by atoms with Crippen molar-refractivity contribution < 1.29 is 12.8 Å². The van der Waals surface area contributed by atoms with Crippen molar-refractivity contribution in [3.8, 4) is 0 Å². The van der Waals surface area contributed by atoms with Crippen molar-refractivity contribution in [1.29, 1.82) is 0 Å². The van der Waals surface area contributed by atoms with Gasteiger partial charge in [0.05, 0.1) is 12.3 Å². The molecule has 1 aliphatic carbocycles. The lowest BCUT2D eigenvalue weighted by atomic mass is 9.96. The number of guanidine groups is 1. The fourth-order valence-electron chi connectivity index (χ4n) is 2.57. The Labute approximate surface area is 149 Å². The van der Waals surface area contributed by atoms with Gasteiger partial charge in [0.15, 0.2) is 5.96 Å². The van der Waals surface area contributed by atoms with Crippen LogP contribution in [0, 0.1) is 5.82 Å². The second-order valence-electron chi connectivity index (χ2n) is 6.21. The molecule has 25 heavy (non-hydrogen) atoms. The Bertz CT molecular complexity index is 702. The highest BCUT2D eigenvalue weighted by Gasteiger charge is 2.44. The van der Waals surface area contributed by atoms with Gasteiger partial charge >= 0.3 is 0 Å². The first-order valence-electron chi connectivity index (χ1n) is 8.66. The largest absolute Gasteiger partial charge is 0.357 e. The summed E-state index contributed by atoms with van der Waals surface area (Å²) in [6.07, 6.45) is 1.99. The van der Waals surface area contributed by atoms with Gasteiger partial charge in [-0.15, -0.1) is 0 Å². The first-order valence-corrected chi connectivity index (χ1v) is 10.3. The summed E-state index contributed by atoms with van der Waals surface area (Å²) in [4.78, 5) is 4.60. The summed E-state index contributed by atoms with van der Waals surface area (Å²) >= 11 is 0. The summed E-state index contributed by atoms with van der Waals surface area (Å²) in [6, 6.07) is 6.72. The van der Waals surface area contributed by atoms with Gasteiger partial charge in [-0.3, -0.25) is 4.99 Å². The molecule has 6 nitrogen and oxygen atoms in total. The van der Waals surface area contributed by atoms with Crippen LogP contribution in [0.25, 0.3) is 0 Å². The minimum Gasteiger partial charge on any atom is -0.357 e. The van der Waals surface area contributed by atoms with Crippen LogP contribution in [-0.4, -0.2) is 46.3 Å². The van der Waals surface area contributed by atoms with E-state index < -0.39 is 10.0 Å². The molecule has 3 N–H and O–H groups in total. The van der Waals surface area contributed by atoms with Crippen LogP contribution in [0.1, 0.15) is 32.3 Å². The van der Waals surface area contributed by atoms with Crippen LogP contribution in [0.3, 0.4) is 0 Å². The highest BCUT2D eigenvalue weighted by atomic mass is 32.2. The number of halogens is 1. The van der Waals surface area contributed by atoms with E-state index in [1.807, 2.05) is 13.0 Å². The lowest BCUT2D eigenvalue weighted by Crippen LogP contribution is -2.42. The number of rotatable bonds is 9. The van der Waals surface area contributed by atoms with Crippen LogP contribution in [-0.2, 0) is 15.4 Å². The molecule has 0 saturated heterocycles. The molecule has 2 rings (SSSR count). The average molecular weight is 370 g/mol. The predicted molar refractivity (Wildman–Crippen MR) is 98.8 cm³/mol. The van der Waals surface area contributed by atoms with E-state index in [4.69, 9.17) is 0 Å². The SMILES string of the molecule is CCNC(=NCC1(c2cccc(F)c2)CC1)NCCNS(=O)(=O)CC. The monoisotopic (exact) mass is 370 g/mol. The molecule has 0 radical (unpaired) electrons. The normalized spacial score (nSPS) is 16.5. The third-order valence-corrected chi connectivity index (χ3v) is 5.70. The van der Waals surface area contributed by atoms with Crippen molar-refractivity contribution in [1.82, 2.24) is 15.4 Å².